The van der Waals surface area contributed by atoms with E-state index in [1.807, 2.05) is 0 Å². The van der Waals surface area contributed by atoms with E-state index in [0.29, 0.717) is 0 Å². The summed E-state index contributed by atoms with van der Waals surface area (Å²) in [5.74, 6) is 0. The van der Waals surface area contributed by atoms with Crippen LogP contribution in [0.25, 0.3) is 0 Å². The molecule has 51 valence electrons. The molecule has 9 heteroatoms. The molecule has 0 aromatic heterocycles. The third kappa shape index (κ3) is 158. The van der Waals surface area contributed by atoms with Crippen molar-refractivity contribution in [2.45, 2.75) is 0 Å². The summed E-state index contributed by atoms with van der Waals surface area (Å²) in [5.41, 5.74) is 0. The molecule has 0 unspecified atom stereocenters. The van der Waals surface area contributed by atoms with E-state index >= 15 is 0 Å². The van der Waals surface area contributed by atoms with Gasteiger partial charge in [0.1, 0.15) is 0 Å². The van der Waals surface area contributed by atoms with E-state index in [4.69, 9.17) is 11.4 Å². The summed E-state index contributed by atoms with van der Waals surface area (Å²) in [4.78, 5) is 0. The average Bonchev–Trinajstić information content (AvgIpc) is 1.25. The summed E-state index contributed by atoms with van der Waals surface area (Å²) in [6.07, 6.45) is 0. The van der Waals surface area contributed by atoms with Crippen LogP contribution in [0.3, 0.4) is 0 Å². The number of rotatable bonds is 0. The van der Waals surface area contributed by atoms with Crippen LogP contribution in [0, 0.1) is 37.9 Å². The Hall–Kier alpha value is 2.02. The standard InChI is InChI=1S/Cd.Ce.Cr.3FH.3O/h;;;3*1H;;;/q;+3;;;;;;;/p-3. The Morgan fingerprint density at radius 2 is 1.00 bits per heavy atom. The van der Waals surface area contributed by atoms with Gasteiger partial charge < -0.3 is 0 Å². The van der Waals surface area contributed by atoms with Crippen LogP contribution >= 0.6 is 0 Å². The number of hydrogen-bond acceptors (Lipinski definition) is 3. The zero-order chi connectivity index (χ0) is 7.15. The van der Waals surface area contributed by atoms with Gasteiger partial charge in [-0.2, -0.15) is 0 Å². The quantitative estimate of drug-likeness (QED) is 0.559. The van der Waals surface area contributed by atoms with Gasteiger partial charge in [0.05, 0.1) is 0 Å². The summed E-state index contributed by atoms with van der Waals surface area (Å²) in [5, 5.41) is 0. The second-order valence-electron chi connectivity index (χ2n) is 0.418. The summed E-state index contributed by atoms with van der Waals surface area (Å²) >= 11 is -8.95. The molecule has 0 N–H and O–H groups in total. The van der Waals surface area contributed by atoms with Gasteiger partial charge in [-0.1, -0.05) is 0 Å². The van der Waals surface area contributed by atoms with Crippen molar-refractivity contribution in [1.82, 2.24) is 0 Å². The first-order valence-corrected chi connectivity index (χ1v) is 6.19. The first kappa shape index (κ1) is 17.2. The second kappa shape index (κ2) is 12.7. The van der Waals surface area contributed by atoms with Crippen molar-refractivity contribution in [1.29, 1.82) is 0 Å². The monoisotopic (exact) mass is 411 g/mol. The van der Waals surface area contributed by atoms with Crippen molar-refractivity contribution in [3.8, 4) is 0 Å². The first-order chi connectivity index (χ1) is 3.46. The number of halogens is 3. The van der Waals surface area contributed by atoms with Crippen molar-refractivity contribution in [3.63, 3.8) is 0 Å². The van der Waals surface area contributed by atoms with E-state index < -0.39 is 51.9 Å². The van der Waals surface area contributed by atoms with Crippen molar-refractivity contribution in [2.75, 3.05) is 0 Å². The molecule has 0 amide bonds. The summed E-state index contributed by atoms with van der Waals surface area (Å²) in [6, 6.07) is 0. The van der Waals surface area contributed by atoms with Gasteiger partial charge in [-0.15, -0.1) is 0 Å². The topological polar surface area (TPSA) is 51.2 Å². The van der Waals surface area contributed by atoms with Crippen LogP contribution < -0.4 is 0 Å². The van der Waals surface area contributed by atoms with E-state index in [2.05, 4.69) is 0 Å². The van der Waals surface area contributed by atoms with Gasteiger partial charge in [0.2, 0.25) is 0 Å². The van der Waals surface area contributed by atoms with Gasteiger partial charge in [0.25, 0.3) is 0 Å². The molecule has 9 heavy (non-hydrogen) atoms. The maximum absolute atomic E-state index is 9.88. The van der Waals surface area contributed by atoms with E-state index in [9.17, 15) is 2.73 Å². The van der Waals surface area contributed by atoms with Crippen molar-refractivity contribution in [3.05, 3.63) is 0 Å². The van der Waals surface area contributed by atoms with Gasteiger partial charge in [0, 0.05) is 27.3 Å². The Kier molecular flexibility index (Phi) is 24.2. The summed E-state index contributed by atoms with van der Waals surface area (Å²) < 4.78 is 55.3. The van der Waals surface area contributed by atoms with Crippen LogP contribution in [0.1, 0.15) is 0 Å². The molecule has 0 rings (SSSR count). The Labute approximate surface area is 91.4 Å². The molecule has 0 heterocycles. The van der Waals surface area contributed by atoms with Gasteiger partial charge in [-0.3, -0.25) is 0 Å². The van der Waals surface area contributed by atoms with Crippen LogP contribution in [0.15, 0.2) is 0 Å². The molecule has 3 nitrogen and oxygen atoms in total. The van der Waals surface area contributed by atoms with E-state index in [1.165, 1.54) is 0 Å². The van der Waals surface area contributed by atoms with Crippen LogP contribution in [-0.4, -0.2) is 0 Å². The third-order valence-electron chi connectivity index (χ3n) is 0. The summed E-state index contributed by atoms with van der Waals surface area (Å²) in [6.45, 7) is 0. The molecular weight excluding hydrogens is 410 g/mol. The van der Waals surface area contributed by atoms with Crippen LogP contribution in [-0.2, 0) is 52.7 Å². The van der Waals surface area contributed by atoms with Crippen LogP contribution in [0.5, 0.6) is 0 Å². The molecule has 0 aromatic rings. The molecule has 0 aromatic carbocycles. The molecule has 0 saturated heterocycles. The van der Waals surface area contributed by atoms with Crippen molar-refractivity contribution >= 4 is 0 Å². The predicted molar refractivity (Wildman–Crippen MR) is 5.38 cm³/mol. The fourth-order valence-electron chi connectivity index (χ4n) is 0. The fourth-order valence-corrected chi connectivity index (χ4v) is 0. The van der Waals surface area contributed by atoms with Gasteiger partial charge in [-0.05, 0) is 0 Å². The zero-order valence-corrected chi connectivity index (χ0v) is 12.4. The predicted octanol–water partition coefficient (Wildman–Crippen LogP) is 0.899. The molecule has 0 aliphatic rings. The molecule has 0 bridgehead atoms. The normalized spacial score (nSPS) is 5.67. The summed E-state index contributed by atoms with van der Waals surface area (Å²) in [7, 11) is 0. The Morgan fingerprint density at radius 3 is 1.00 bits per heavy atom. The molecule has 0 radical (unpaired) electrons. The maximum atomic E-state index is 9.88. The third-order valence-corrected chi connectivity index (χ3v) is 0. The Balaban J connectivity index is -0.0000000720. The van der Waals surface area contributed by atoms with Crippen molar-refractivity contribution in [2.24, 2.45) is 0 Å². The van der Waals surface area contributed by atoms with Gasteiger partial charge in [-0.25, -0.2) is 0 Å². The molecule has 0 aliphatic carbocycles. The molecule has 0 atom stereocenters. The van der Waals surface area contributed by atoms with Gasteiger partial charge in [0.15, 0.2) is 0 Å². The molecule has 0 spiro atoms. The average molecular weight is 410 g/mol. The first-order valence-electron chi connectivity index (χ1n) is 1.07. The fraction of sp³-hybridized carbons (Fsp3) is 0. The molecule has 0 fully saturated rings. The number of hydrogen-bond donors (Lipinski definition) is 0. The van der Waals surface area contributed by atoms with Crippen molar-refractivity contribution < 1.29 is 93.3 Å². The molecule has 0 saturated carbocycles. The van der Waals surface area contributed by atoms with E-state index in [0.717, 1.165) is 0 Å². The molecular formula is CdCeCrF3O3. The van der Waals surface area contributed by atoms with E-state index in [1.54, 1.807) is 0 Å². The zero-order valence-electron chi connectivity index (χ0n) is 3.97. The minimum atomic E-state index is -5.16. The van der Waals surface area contributed by atoms with Gasteiger partial charge >= 0.3 is 66.0 Å². The minimum absolute atomic E-state index is 0. The molecule has 0 aliphatic heterocycles. The van der Waals surface area contributed by atoms with Crippen LogP contribution in [0.2, 0.25) is 0 Å². The van der Waals surface area contributed by atoms with Crippen LogP contribution in [0.4, 0.5) is 2.73 Å². The SMILES string of the molecule is [Cd].[F][Ce]([F])[F].[O]=[Cr](=[O])=[O]. The second-order valence-corrected chi connectivity index (χ2v) is 2.40. The van der Waals surface area contributed by atoms with E-state index in [-0.39, 0.29) is 27.3 Å². The Morgan fingerprint density at radius 1 is 1.00 bits per heavy atom. The Bertz CT molecular complexity index is 117.